The number of hydrogen-bond acceptors (Lipinski definition) is 24. The number of rotatable bonds is 14. The van der Waals surface area contributed by atoms with Crippen molar-refractivity contribution in [2.45, 2.75) is 24.5 Å². The second kappa shape index (κ2) is 19.6. The molecule has 4 aromatic carbocycles. The summed E-state index contributed by atoms with van der Waals surface area (Å²) in [6.45, 7) is 0. The second-order valence-electron chi connectivity index (χ2n) is 14.2. The first-order valence-electron chi connectivity index (χ1n) is 18.4. The largest absolute Gasteiger partial charge is 1.00 e. The minimum atomic E-state index is -5.67. The number of aromatic nitrogens is 3. The fourth-order valence-corrected chi connectivity index (χ4v) is 10.6. The van der Waals surface area contributed by atoms with Gasteiger partial charge in [-0.1, -0.05) is 6.07 Å². The van der Waals surface area contributed by atoms with Gasteiger partial charge in [-0.15, -0.1) is 10.2 Å². The van der Waals surface area contributed by atoms with Gasteiger partial charge in [-0.05, 0) is 84.4 Å². The molecule has 0 amide bonds. The number of hydrazine groups is 1. The van der Waals surface area contributed by atoms with Crippen molar-refractivity contribution in [3.8, 4) is 5.75 Å². The Hall–Kier alpha value is -6.68. The molecule has 0 saturated carbocycles. The summed E-state index contributed by atoms with van der Waals surface area (Å²) in [7, 11) is -32.0. The number of carbonyl (C=O) groups is 2. The summed E-state index contributed by atoms with van der Waals surface area (Å²) in [6.07, 6.45) is 1.78. The van der Waals surface area contributed by atoms with Crippen LogP contribution in [0.4, 0.5) is 34.6 Å². The van der Waals surface area contributed by atoms with E-state index in [1.807, 2.05) is 0 Å². The van der Waals surface area contributed by atoms with Gasteiger partial charge in [0, 0.05) is 45.1 Å². The molecule has 0 bridgehead atoms. The molecule has 389 valence electrons. The van der Waals surface area contributed by atoms with Gasteiger partial charge in [0.25, 0.3) is 60.7 Å². The van der Waals surface area contributed by atoms with Crippen LogP contribution in [0.15, 0.2) is 107 Å². The van der Waals surface area contributed by atoms with Crippen molar-refractivity contribution in [3.05, 3.63) is 100 Å². The number of nitrogens with one attached hydrogen (secondary N) is 4. The van der Waals surface area contributed by atoms with Gasteiger partial charge in [0.15, 0.2) is 0 Å². The SMILES string of the molecule is O=C1C=Cc2c(cc(S(=O)(=O)O)c(NNc3ccc(Nc4nc(Cl)nc(Nc5cccc(S(=O)(=O)O)c5)n4)cc3S(=O)(=O)O)c2O)/C1=N/N=C1/C=C(S(=O)(=O)O)c2cc(S(=O)(=O)O)cc(S(=O)(=O)O)c2C1=O.[Cu].[H+].[H+].[H+].[H+].[H+].[H+]. The summed E-state index contributed by atoms with van der Waals surface area (Å²) in [5.41, 5.74) is -3.18. The Labute approximate surface area is 433 Å². The molecule has 30 nitrogen and oxygen atoms in total. The first-order chi connectivity index (χ1) is 33.1. The van der Waals surface area contributed by atoms with Gasteiger partial charge in [-0.25, -0.2) is 0 Å². The molecule has 38 heteroatoms. The van der Waals surface area contributed by atoms with E-state index in [-0.39, 0.29) is 67.1 Å². The smallest absolute Gasteiger partial charge is 0.505 e. The van der Waals surface area contributed by atoms with Crippen molar-refractivity contribution < 1.29 is 118 Å². The Kier molecular flexibility index (Phi) is 15.0. The van der Waals surface area contributed by atoms with Crippen LogP contribution in [0.5, 0.6) is 5.75 Å². The van der Waals surface area contributed by atoms with E-state index in [0.29, 0.717) is 12.1 Å². The van der Waals surface area contributed by atoms with Crippen molar-refractivity contribution in [2.75, 3.05) is 21.5 Å². The molecule has 1 heterocycles. The minimum absolute atomic E-state index is 0. The predicted molar refractivity (Wildman–Crippen MR) is 254 cm³/mol. The molecule has 2 aliphatic rings. The quantitative estimate of drug-likeness (QED) is 0.0329. The molecular weight excluding hydrogens is 1170 g/mol. The van der Waals surface area contributed by atoms with Crippen LogP contribution >= 0.6 is 11.6 Å². The third-order valence-electron chi connectivity index (χ3n) is 9.49. The summed E-state index contributed by atoms with van der Waals surface area (Å²) < 4.78 is 206. The van der Waals surface area contributed by atoms with Gasteiger partial charge >= 0.3 is 8.56 Å². The molecule has 0 atom stereocenters. The average Bonchev–Trinajstić information content (AvgIpc) is 3.24. The van der Waals surface area contributed by atoms with E-state index in [2.05, 4.69) is 46.6 Å². The molecule has 0 saturated heterocycles. The number of carbonyl (C=O) groups excluding carboxylic acids is 2. The number of allylic oxidation sites excluding steroid dienone is 2. The maximum atomic E-state index is 13.6. The zero-order chi connectivity index (χ0) is 53.3. The van der Waals surface area contributed by atoms with E-state index in [1.165, 1.54) is 12.1 Å². The normalized spacial score (nSPS) is 15.2. The number of benzene rings is 4. The summed E-state index contributed by atoms with van der Waals surface area (Å²) in [5.74, 6) is -4.64. The number of fused-ring (bicyclic) bond motifs is 2. The van der Waals surface area contributed by atoms with E-state index in [1.54, 1.807) is 0 Å². The Balaban J connectivity index is 0.00000869. The number of Topliss-reactive ketones (excluding diaryl/α,β-unsaturated/α-hetero) is 1. The van der Waals surface area contributed by atoms with Crippen LogP contribution in [0.25, 0.3) is 11.0 Å². The first kappa shape index (κ1) is 55.6. The zero-order valence-corrected chi connectivity index (χ0v) is 41.3. The standard InChI is InChI=1S/C35H24ClN9O21S6.Cu/c36-33-39-34(37-14-2-1-3-16(8-14)67(49,50)51)41-35(40-33)38-15-4-6-21(25(9-15)70(58,59)60)42-45-30-27(72(64,65)66)12-19-18(31(30)47)5-7-23(46)29(19)44-43-22-13-24(69(55,56)57)20-10-17(68(52,53)54)11-26(71(61,62)63)28(20)32(22)48;/h1-13,42,45,47H,(H,49,50,51)(H,52,53,54)(H,55,56,57)(H,58,59,60)(H,61,62,63)(H,64,65,66)(H2,37,38,39,40,41);/p+6/b43-22-,44-29-;. The molecule has 5 aromatic rings. The number of ketones is 2. The Bertz CT molecular complexity index is 4150. The molecule has 1 aromatic heterocycles. The van der Waals surface area contributed by atoms with Gasteiger partial charge in [0.2, 0.25) is 28.7 Å². The second-order valence-corrected chi connectivity index (χ2v) is 23.0. The topological polar surface area (TPSA) is 492 Å². The number of anilines is 6. The first-order valence-corrected chi connectivity index (χ1v) is 27.4. The van der Waals surface area contributed by atoms with Crippen molar-refractivity contribution in [3.63, 3.8) is 0 Å². The number of halogens is 1. The van der Waals surface area contributed by atoms with Gasteiger partial charge in [0.05, 0.1) is 21.0 Å². The van der Waals surface area contributed by atoms with Crippen LogP contribution in [-0.2, 0) is 82.6 Å². The van der Waals surface area contributed by atoms with E-state index < -0.39 is 158 Å². The fourth-order valence-electron chi connectivity index (χ4n) is 6.48. The van der Waals surface area contributed by atoms with Crippen LogP contribution in [0.2, 0.25) is 5.28 Å². The summed E-state index contributed by atoms with van der Waals surface area (Å²) in [6, 6.07) is 8.49. The number of aromatic hydroxyl groups is 1. The molecule has 2 aliphatic carbocycles. The van der Waals surface area contributed by atoms with Gasteiger partial charge in [-0.2, -0.15) is 65.5 Å². The number of phenols is 1. The van der Waals surface area contributed by atoms with E-state index in [4.69, 9.17) is 11.6 Å². The molecule has 73 heavy (non-hydrogen) atoms. The predicted octanol–water partition coefficient (Wildman–Crippen LogP) is 2.93. The number of nitrogens with zero attached hydrogens (tertiary/aromatic N) is 5. The van der Waals surface area contributed by atoms with Crippen LogP contribution < -0.4 is 21.5 Å². The van der Waals surface area contributed by atoms with Crippen LogP contribution in [0.1, 0.15) is 35.6 Å². The minimum Gasteiger partial charge on any atom is -0.505 e. The zero-order valence-electron chi connectivity index (χ0n) is 40.7. The number of hydrogen-bond donors (Lipinski definition) is 11. The van der Waals surface area contributed by atoms with Crippen molar-refractivity contribution >= 4 is 141 Å². The van der Waals surface area contributed by atoms with Crippen molar-refractivity contribution in [2.24, 2.45) is 10.2 Å². The van der Waals surface area contributed by atoms with E-state index >= 15 is 0 Å². The Morgan fingerprint density at radius 2 is 1.16 bits per heavy atom. The summed E-state index contributed by atoms with van der Waals surface area (Å²) >= 11 is 6.02. The Morgan fingerprint density at radius 3 is 1.73 bits per heavy atom. The third kappa shape index (κ3) is 12.1. The maximum Gasteiger partial charge on any atom is 1.00 e. The molecule has 0 aliphatic heterocycles. The average molecular weight is 1200 g/mol. The van der Waals surface area contributed by atoms with E-state index in [0.717, 1.165) is 36.4 Å². The molecule has 11 N–H and O–H groups in total. The molecule has 1 radical (unpaired) electrons. The Morgan fingerprint density at radius 1 is 0.575 bits per heavy atom. The van der Waals surface area contributed by atoms with Gasteiger partial charge in [-0.3, -0.25) is 47.8 Å². The molecule has 7 rings (SSSR count). The van der Waals surface area contributed by atoms with E-state index in [9.17, 15) is 92.5 Å². The van der Waals surface area contributed by atoms with Crippen LogP contribution in [0, 0.1) is 0 Å². The maximum absolute atomic E-state index is 13.6. The summed E-state index contributed by atoms with van der Waals surface area (Å²) in [5, 5.41) is 23.2. The third-order valence-corrected chi connectivity index (χ3v) is 14.9. The number of phenolic OH excluding ortho intramolecular Hbond substituents is 1. The van der Waals surface area contributed by atoms with Crippen LogP contribution in [0.3, 0.4) is 0 Å². The summed E-state index contributed by atoms with van der Waals surface area (Å²) in [4.78, 5) is 31.4. The fraction of sp³-hybridized carbons (Fsp3) is 0. The molecule has 0 unspecified atom stereocenters. The monoisotopic (exact) mass is 1200 g/mol. The van der Waals surface area contributed by atoms with Crippen molar-refractivity contribution in [1.29, 1.82) is 0 Å². The molecule has 0 fully saturated rings. The van der Waals surface area contributed by atoms with Gasteiger partial charge < -0.3 is 15.7 Å². The van der Waals surface area contributed by atoms with Crippen molar-refractivity contribution in [1.82, 2.24) is 15.0 Å². The molecule has 0 spiro atoms. The van der Waals surface area contributed by atoms with Gasteiger partial charge in [0.1, 0.15) is 42.5 Å². The van der Waals surface area contributed by atoms with Crippen LogP contribution in [-0.4, -0.2) is 121 Å². The molecular formula is C35H30ClCuN9O21S6+6.